The van der Waals surface area contributed by atoms with Gasteiger partial charge >= 0.3 is 0 Å². The lowest BCUT2D eigenvalue weighted by atomic mass is 10.2. The maximum absolute atomic E-state index is 12.2. The lowest BCUT2D eigenvalue weighted by molar-refractivity contribution is 0.0779. The molecular weight excluding hydrogens is 278 g/mol. The van der Waals surface area contributed by atoms with Crippen molar-refractivity contribution in [2.45, 2.75) is 6.54 Å². The number of carbonyl (C=O) groups is 1. The van der Waals surface area contributed by atoms with E-state index in [0.29, 0.717) is 17.3 Å². The highest BCUT2D eigenvalue weighted by Crippen LogP contribution is 2.20. The number of aromatic nitrogens is 1. The van der Waals surface area contributed by atoms with Crippen LogP contribution in [0.25, 0.3) is 0 Å². The molecule has 0 atom stereocenters. The zero-order chi connectivity index (χ0) is 14.7. The molecule has 1 amide bonds. The number of benzene rings is 1. The Bertz CT molecular complexity index is 697. The van der Waals surface area contributed by atoms with Crippen molar-refractivity contribution in [2.24, 2.45) is 0 Å². The van der Waals surface area contributed by atoms with E-state index >= 15 is 0 Å². The standard InChI is InChI=1S/C14H14ClN3O2/c1-18(8-9-7-10(16)5-6-11(9)15)14(20)12-3-2-4-13(19)17-12/h2-7H,8,16H2,1H3,(H,17,19). The van der Waals surface area contributed by atoms with Crippen LogP contribution in [0.3, 0.4) is 0 Å². The van der Waals surface area contributed by atoms with Crippen LogP contribution in [0.2, 0.25) is 5.02 Å². The molecule has 0 fully saturated rings. The van der Waals surface area contributed by atoms with Crippen molar-refractivity contribution in [3.63, 3.8) is 0 Å². The second-order valence-corrected chi connectivity index (χ2v) is 4.85. The number of nitrogens with zero attached hydrogens (tertiary/aromatic N) is 1. The number of halogens is 1. The number of rotatable bonds is 3. The molecule has 0 saturated carbocycles. The number of pyridine rings is 1. The van der Waals surface area contributed by atoms with Crippen molar-refractivity contribution < 1.29 is 4.79 Å². The molecule has 2 aromatic rings. The molecule has 3 N–H and O–H groups in total. The van der Waals surface area contributed by atoms with E-state index in [-0.39, 0.29) is 17.2 Å². The van der Waals surface area contributed by atoms with E-state index in [1.165, 1.54) is 17.0 Å². The summed E-state index contributed by atoms with van der Waals surface area (Å²) in [5.74, 6) is -0.291. The van der Waals surface area contributed by atoms with Gasteiger partial charge in [-0.1, -0.05) is 17.7 Å². The molecule has 0 bridgehead atoms. The number of nitrogens with two attached hydrogens (primary N) is 1. The minimum absolute atomic E-state index is 0.236. The summed E-state index contributed by atoms with van der Waals surface area (Å²) in [5.41, 5.74) is 6.96. The summed E-state index contributed by atoms with van der Waals surface area (Å²) in [6, 6.07) is 9.55. The summed E-state index contributed by atoms with van der Waals surface area (Å²) in [6.45, 7) is 0.305. The van der Waals surface area contributed by atoms with Gasteiger partial charge in [0, 0.05) is 30.4 Å². The number of H-pyrrole nitrogens is 1. The van der Waals surface area contributed by atoms with Crippen LogP contribution < -0.4 is 11.3 Å². The molecule has 20 heavy (non-hydrogen) atoms. The lowest BCUT2D eigenvalue weighted by Crippen LogP contribution is -2.28. The second kappa shape index (κ2) is 5.79. The van der Waals surface area contributed by atoms with Crippen molar-refractivity contribution in [2.75, 3.05) is 12.8 Å². The topological polar surface area (TPSA) is 79.2 Å². The Hall–Kier alpha value is -2.27. The van der Waals surface area contributed by atoms with E-state index in [9.17, 15) is 9.59 Å². The van der Waals surface area contributed by atoms with E-state index in [1.54, 1.807) is 31.3 Å². The number of hydrogen-bond donors (Lipinski definition) is 2. The van der Waals surface area contributed by atoms with Gasteiger partial charge < -0.3 is 15.6 Å². The maximum atomic E-state index is 12.2. The zero-order valence-corrected chi connectivity index (χ0v) is 11.6. The van der Waals surface area contributed by atoms with Crippen molar-refractivity contribution in [1.29, 1.82) is 0 Å². The average molecular weight is 292 g/mol. The highest BCUT2D eigenvalue weighted by Gasteiger charge is 2.14. The van der Waals surface area contributed by atoms with Gasteiger partial charge in [-0.25, -0.2) is 0 Å². The molecule has 2 rings (SSSR count). The first-order chi connectivity index (χ1) is 9.47. The van der Waals surface area contributed by atoms with Gasteiger partial charge in [0.05, 0.1) is 0 Å². The van der Waals surface area contributed by atoms with E-state index < -0.39 is 0 Å². The second-order valence-electron chi connectivity index (χ2n) is 4.44. The molecule has 1 aromatic carbocycles. The quantitative estimate of drug-likeness (QED) is 0.848. The van der Waals surface area contributed by atoms with E-state index in [1.807, 2.05) is 0 Å². The van der Waals surface area contributed by atoms with Crippen LogP contribution in [0.1, 0.15) is 16.1 Å². The van der Waals surface area contributed by atoms with Gasteiger partial charge in [-0.15, -0.1) is 0 Å². The van der Waals surface area contributed by atoms with Crippen LogP contribution in [0, 0.1) is 0 Å². The number of anilines is 1. The Labute approximate surface area is 121 Å². The predicted molar refractivity (Wildman–Crippen MR) is 78.7 cm³/mol. The third-order valence-electron chi connectivity index (χ3n) is 2.82. The fourth-order valence-corrected chi connectivity index (χ4v) is 2.00. The Balaban J connectivity index is 2.19. The summed E-state index contributed by atoms with van der Waals surface area (Å²) in [7, 11) is 1.63. The highest BCUT2D eigenvalue weighted by molar-refractivity contribution is 6.31. The fraction of sp³-hybridized carbons (Fsp3) is 0.143. The third-order valence-corrected chi connectivity index (χ3v) is 3.19. The van der Waals surface area contributed by atoms with Crippen molar-refractivity contribution >= 4 is 23.2 Å². The van der Waals surface area contributed by atoms with Crippen LogP contribution in [0.4, 0.5) is 5.69 Å². The van der Waals surface area contributed by atoms with Crippen LogP contribution in [-0.4, -0.2) is 22.8 Å². The normalized spacial score (nSPS) is 10.3. The number of carbonyl (C=O) groups excluding carboxylic acids is 1. The first-order valence-corrected chi connectivity index (χ1v) is 6.34. The molecule has 6 heteroatoms. The maximum Gasteiger partial charge on any atom is 0.270 e. The van der Waals surface area contributed by atoms with Crippen LogP contribution >= 0.6 is 11.6 Å². The fourth-order valence-electron chi connectivity index (χ4n) is 1.82. The van der Waals surface area contributed by atoms with Gasteiger partial charge in [-0.05, 0) is 29.8 Å². The van der Waals surface area contributed by atoms with Crippen molar-refractivity contribution in [3.05, 3.63) is 63.0 Å². The van der Waals surface area contributed by atoms with Gasteiger partial charge in [0.25, 0.3) is 5.91 Å². The SMILES string of the molecule is CN(Cc1cc(N)ccc1Cl)C(=O)c1cccc(=O)[nH]1. The smallest absolute Gasteiger partial charge is 0.270 e. The Morgan fingerprint density at radius 2 is 2.10 bits per heavy atom. The lowest BCUT2D eigenvalue weighted by Gasteiger charge is -2.18. The summed E-state index contributed by atoms with van der Waals surface area (Å²) < 4.78 is 0. The molecule has 0 aliphatic heterocycles. The number of aromatic amines is 1. The number of nitrogen functional groups attached to an aromatic ring is 1. The van der Waals surface area contributed by atoms with Crippen LogP contribution in [-0.2, 0) is 6.54 Å². The Morgan fingerprint density at radius 1 is 1.35 bits per heavy atom. The van der Waals surface area contributed by atoms with E-state index in [4.69, 9.17) is 17.3 Å². The van der Waals surface area contributed by atoms with Gasteiger partial charge in [-0.2, -0.15) is 0 Å². The number of hydrogen-bond acceptors (Lipinski definition) is 3. The van der Waals surface area contributed by atoms with E-state index in [2.05, 4.69) is 4.98 Å². The van der Waals surface area contributed by atoms with Crippen LogP contribution in [0.15, 0.2) is 41.2 Å². The van der Waals surface area contributed by atoms with E-state index in [0.717, 1.165) is 5.56 Å². The molecule has 1 heterocycles. The highest BCUT2D eigenvalue weighted by atomic mass is 35.5. The minimum atomic E-state index is -0.314. The zero-order valence-electron chi connectivity index (χ0n) is 10.9. The van der Waals surface area contributed by atoms with Gasteiger partial charge in [0.1, 0.15) is 5.69 Å². The molecule has 0 aliphatic carbocycles. The average Bonchev–Trinajstić information content (AvgIpc) is 2.42. The summed E-state index contributed by atoms with van der Waals surface area (Å²) >= 11 is 6.06. The molecule has 104 valence electrons. The molecule has 0 saturated heterocycles. The largest absolute Gasteiger partial charge is 0.399 e. The predicted octanol–water partition coefficient (Wildman–Crippen LogP) is 1.88. The molecule has 0 radical (unpaired) electrons. The first-order valence-electron chi connectivity index (χ1n) is 5.96. The molecule has 0 unspecified atom stereocenters. The Morgan fingerprint density at radius 3 is 2.80 bits per heavy atom. The number of amides is 1. The van der Waals surface area contributed by atoms with Gasteiger partial charge in [0.2, 0.25) is 5.56 Å². The van der Waals surface area contributed by atoms with Gasteiger partial charge in [-0.3, -0.25) is 9.59 Å². The first kappa shape index (κ1) is 14.1. The summed E-state index contributed by atoms with van der Waals surface area (Å²) in [6.07, 6.45) is 0. The minimum Gasteiger partial charge on any atom is -0.399 e. The van der Waals surface area contributed by atoms with Crippen molar-refractivity contribution in [1.82, 2.24) is 9.88 Å². The molecule has 0 spiro atoms. The van der Waals surface area contributed by atoms with Crippen molar-refractivity contribution in [3.8, 4) is 0 Å². The molecular formula is C14H14ClN3O2. The summed E-state index contributed by atoms with van der Waals surface area (Å²) in [5, 5.41) is 0.542. The van der Waals surface area contributed by atoms with Gasteiger partial charge in [0.15, 0.2) is 0 Å². The monoisotopic (exact) mass is 291 g/mol. The third kappa shape index (κ3) is 3.19. The van der Waals surface area contributed by atoms with Crippen LogP contribution in [0.5, 0.6) is 0 Å². The number of nitrogens with one attached hydrogen (secondary N) is 1. The molecule has 1 aromatic heterocycles. The Kier molecular flexibility index (Phi) is 4.10. The molecule has 0 aliphatic rings. The molecule has 5 nitrogen and oxygen atoms in total. The summed E-state index contributed by atoms with van der Waals surface area (Å²) in [4.78, 5) is 27.3.